The molecule has 1 amide bonds. The van der Waals surface area contributed by atoms with Gasteiger partial charge in [0.05, 0.1) is 17.6 Å². The van der Waals surface area contributed by atoms with Crippen molar-refractivity contribution < 1.29 is 9.18 Å². The van der Waals surface area contributed by atoms with Gasteiger partial charge in [-0.1, -0.05) is 13.8 Å². The van der Waals surface area contributed by atoms with E-state index in [4.69, 9.17) is 5.73 Å². The third kappa shape index (κ3) is 2.70. The molecule has 0 radical (unpaired) electrons. The summed E-state index contributed by atoms with van der Waals surface area (Å²) in [4.78, 5) is 15.7. The number of H-pyrrole nitrogens is 1. The fourth-order valence-corrected chi connectivity index (χ4v) is 1.60. The van der Waals surface area contributed by atoms with E-state index in [1.807, 2.05) is 13.8 Å². The minimum Gasteiger partial charge on any atom is -0.395 e. The molecule has 0 aliphatic heterocycles. The highest BCUT2D eigenvalue weighted by Crippen LogP contribution is 2.22. The van der Waals surface area contributed by atoms with Crippen LogP contribution in [0.1, 0.15) is 35.9 Å². The van der Waals surface area contributed by atoms with E-state index in [9.17, 15) is 9.18 Å². The Balaban J connectivity index is 2.18. The summed E-state index contributed by atoms with van der Waals surface area (Å²) in [6.45, 7) is 3.88. The van der Waals surface area contributed by atoms with Crippen LogP contribution in [0.3, 0.4) is 0 Å². The van der Waals surface area contributed by atoms with Gasteiger partial charge in [-0.3, -0.25) is 9.89 Å². The molecule has 0 saturated carbocycles. The zero-order valence-electron chi connectivity index (χ0n) is 10.6. The van der Waals surface area contributed by atoms with Crippen LogP contribution in [0.5, 0.6) is 0 Å². The molecule has 2 rings (SSSR count). The number of hydrogen-bond acceptors (Lipinski definition) is 4. The number of nitrogens with two attached hydrogens (primary N) is 1. The summed E-state index contributed by atoms with van der Waals surface area (Å²) in [5.74, 6) is -0.586. The molecule has 19 heavy (non-hydrogen) atoms. The summed E-state index contributed by atoms with van der Waals surface area (Å²) in [5, 5.41) is 9.12. The second-order valence-corrected chi connectivity index (χ2v) is 4.37. The molecule has 2 aromatic rings. The largest absolute Gasteiger partial charge is 0.395 e. The molecule has 0 atom stereocenters. The molecule has 7 heteroatoms. The molecular weight excluding hydrogens is 249 g/mol. The highest BCUT2D eigenvalue weighted by Gasteiger charge is 2.19. The Morgan fingerprint density at radius 1 is 1.47 bits per heavy atom. The predicted octanol–water partition coefficient (Wildman–Crippen LogP) is 1.90. The number of hydrogen-bond donors (Lipinski definition) is 3. The van der Waals surface area contributed by atoms with E-state index in [1.165, 1.54) is 12.1 Å². The van der Waals surface area contributed by atoms with Crippen LogP contribution >= 0.6 is 0 Å². The van der Waals surface area contributed by atoms with Gasteiger partial charge in [-0.2, -0.15) is 5.10 Å². The van der Waals surface area contributed by atoms with Crippen molar-refractivity contribution in [3.8, 4) is 0 Å². The fourth-order valence-electron chi connectivity index (χ4n) is 1.60. The number of nitrogens with zero attached hydrogens (tertiary/aromatic N) is 2. The van der Waals surface area contributed by atoms with Crippen LogP contribution in [0.15, 0.2) is 18.3 Å². The van der Waals surface area contributed by atoms with Gasteiger partial charge < -0.3 is 11.1 Å². The van der Waals surface area contributed by atoms with Crippen molar-refractivity contribution in [1.82, 2.24) is 15.2 Å². The first-order chi connectivity index (χ1) is 8.99. The first-order valence-corrected chi connectivity index (χ1v) is 5.75. The quantitative estimate of drug-likeness (QED) is 0.787. The molecule has 2 aromatic heterocycles. The number of amides is 1. The Morgan fingerprint density at radius 2 is 2.21 bits per heavy atom. The Morgan fingerprint density at radius 3 is 2.74 bits per heavy atom. The molecule has 0 aliphatic carbocycles. The van der Waals surface area contributed by atoms with Crippen molar-refractivity contribution in [2.45, 2.75) is 19.8 Å². The summed E-state index contributed by atoms with van der Waals surface area (Å²) in [7, 11) is 0. The van der Waals surface area contributed by atoms with Crippen LogP contribution in [-0.4, -0.2) is 21.1 Å². The summed E-state index contributed by atoms with van der Waals surface area (Å²) in [5.41, 5.74) is 6.97. The normalized spacial score (nSPS) is 10.7. The van der Waals surface area contributed by atoms with Crippen molar-refractivity contribution in [1.29, 1.82) is 0 Å². The maximum absolute atomic E-state index is 12.7. The highest BCUT2D eigenvalue weighted by atomic mass is 19.1. The first-order valence-electron chi connectivity index (χ1n) is 5.75. The summed E-state index contributed by atoms with van der Waals surface area (Å²) < 4.78 is 12.7. The van der Waals surface area contributed by atoms with E-state index in [0.717, 1.165) is 6.20 Å². The monoisotopic (exact) mass is 263 g/mol. The molecule has 4 N–H and O–H groups in total. The standard InChI is InChI=1S/C12H14FN5O/c1-6(2)10-9(14)11(18-17-10)12(19)16-8-4-3-7(13)5-15-8/h3-6H,14H2,1-2H3,(H,17,18)(H,15,16,19). The lowest BCUT2D eigenvalue weighted by atomic mass is 10.1. The summed E-state index contributed by atoms with van der Waals surface area (Å²) >= 11 is 0. The lowest BCUT2D eigenvalue weighted by Crippen LogP contribution is -2.15. The molecule has 0 aliphatic rings. The van der Waals surface area contributed by atoms with Crippen molar-refractivity contribution in [2.24, 2.45) is 0 Å². The van der Waals surface area contributed by atoms with Crippen LogP contribution < -0.4 is 11.1 Å². The molecule has 0 fully saturated rings. The smallest absolute Gasteiger partial charge is 0.279 e. The SMILES string of the molecule is CC(C)c1[nH]nc(C(=O)Nc2ccc(F)cn2)c1N. The average Bonchev–Trinajstić information content (AvgIpc) is 2.74. The van der Waals surface area contributed by atoms with Gasteiger partial charge >= 0.3 is 0 Å². The van der Waals surface area contributed by atoms with Crippen LogP contribution in [0, 0.1) is 5.82 Å². The lowest BCUT2D eigenvalue weighted by Gasteiger charge is -2.04. The number of pyridine rings is 1. The molecule has 6 nitrogen and oxygen atoms in total. The van der Waals surface area contributed by atoms with E-state index in [1.54, 1.807) is 0 Å². The third-order valence-corrected chi connectivity index (χ3v) is 2.59. The summed E-state index contributed by atoms with van der Waals surface area (Å²) in [6.07, 6.45) is 1.02. The predicted molar refractivity (Wildman–Crippen MR) is 69.2 cm³/mol. The fraction of sp³-hybridized carbons (Fsp3) is 0.250. The number of carbonyl (C=O) groups excluding carboxylic acids is 1. The van der Waals surface area contributed by atoms with E-state index in [0.29, 0.717) is 11.4 Å². The van der Waals surface area contributed by atoms with E-state index in [2.05, 4.69) is 20.5 Å². The molecule has 0 saturated heterocycles. The number of aromatic nitrogens is 3. The van der Waals surface area contributed by atoms with Crippen molar-refractivity contribution in [2.75, 3.05) is 11.1 Å². The minimum absolute atomic E-state index is 0.106. The zero-order valence-corrected chi connectivity index (χ0v) is 10.6. The molecule has 0 aromatic carbocycles. The van der Waals surface area contributed by atoms with E-state index >= 15 is 0 Å². The number of nitrogen functional groups attached to an aromatic ring is 1. The van der Waals surface area contributed by atoms with Gasteiger partial charge in [0.15, 0.2) is 5.69 Å². The minimum atomic E-state index is -0.486. The average molecular weight is 263 g/mol. The van der Waals surface area contributed by atoms with Gasteiger partial charge in [-0.05, 0) is 18.1 Å². The van der Waals surface area contributed by atoms with Gasteiger partial charge in [-0.15, -0.1) is 0 Å². The highest BCUT2D eigenvalue weighted by molar-refractivity contribution is 6.06. The first kappa shape index (κ1) is 13.0. The van der Waals surface area contributed by atoms with Crippen LogP contribution in [0.25, 0.3) is 0 Å². The molecule has 0 bridgehead atoms. The maximum atomic E-state index is 12.7. The number of nitrogens with one attached hydrogen (secondary N) is 2. The van der Waals surface area contributed by atoms with Gasteiger partial charge in [-0.25, -0.2) is 9.37 Å². The van der Waals surface area contributed by atoms with Crippen molar-refractivity contribution in [3.63, 3.8) is 0 Å². The second kappa shape index (κ2) is 5.05. The third-order valence-electron chi connectivity index (χ3n) is 2.59. The molecule has 2 heterocycles. The van der Waals surface area contributed by atoms with Gasteiger partial charge in [0.1, 0.15) is 11.6 Å². The van der Waals surface area contributed by atoms with Gasteiger partial charge in [0, 0.05) is 0 Å². The number of carbonyl (C=O) groups is 1. The van der Waals surface area contributed by atoms with E-state index < -0.39 is 11.7 Å². The van der Waals surface area contributed by atoms with Crippen LogP contribution in [-0.2, 0) is 0 Å². The topological polar surface area (TPSA) is 96.7 Å². The van der Waals surface area contributed by atoms with Crippen molar-refractivity contribution >= 4 is 17.4 Å². The number of rotatable bonds is 3. The van der Waals surface area contributed by atoms with Gasteiger partial charge in [0.2, 0.25) is 0 Å². The van der Waals surface area contributed by atoms with Crippen molar-refractivity contribution in [3.05, 3.63) is 35.5 Å². The van der Waals surface area contributed by atoms with Crippen LogP contribution in [0.4, 0.5) is 15.9 Å². The number of aromatic amines is 1. The molecule has 0 spiro atoms. The number of halogens is 1. The Kier molecular flexibility index (Phi) is 3.46. The Hall–Kier alpha value is -2.44. The lowest BCUT2D eigenvalue weighted by molar-refractivity contribution is 0.102. The van der Waals surface area contributed by atoms with Crippen LogP contribution in [0.2, 0.25) is 0 Å². The Bertz CT molecular complexity index is 591. The summed E-state index contributed by atoms with van der Waals surface area (Å²) in [6, 6.07) is 2.56. The molecule has 100 valence electrons. The zero-order chi connectivity index (χ0) is 14.0. The number of anilines is 2. The Labute approximate surface area is 109 Å². The second-order valence-electron chi connectivity index (χ2n) is 4.37. The molecular formula is C12H14FN5O. The maximum Gasteiger partial charge on any atom is 0.279 e. The molecule has 0 unspecified atom stereocenters. The van der Waals surface area contributed by atoms with E-state index in [-0.39, 0.29) is 17.4 Å². The van der Waals surface area contributed by atoms with Gasteiger partial charge in [0.25, 0.3) is 5.91 Å².